The van der Waals surface area contributed by atoms with Gasteiger partial charge in [-0.1, -0.05) is 60.7 Å². The molecule has 10 atom stereocenters. The van der Waals surface area contributed by atoms with Crippen molar-refractivity contribution in [3.8, 4) is 11.5 Å². The smallest absolute Gasteiger partial charge is 0.342 e. The molecule has 15 heteroatoms. The zero-order valence-corrected chi connectivity index (χ0v) is 42.1. The van der Waals surface area contributed by atoms with E-state index in [1.165, 1.54) is 0 Å². The van der Waals surface area contributed by atoms with Gasteiger partial charge in [0.25, 0.3) is 0 Å². The number of esters is 2. The molecular formula is C56H71N5O10. The Morgan fingerprint density at radius 2 is 0.930 bits per heavy atom. The van der Waals surface area contributed by atoms with Crippen molar-refractivity contribution in [1.29, 1.82) is 0 Å². The van der Waals surface area contributed by atoms with Gasteiger partial charge in [0.1, 0.15) is 34.8 Å². The van der Waals surface area contributed by atoms with Crippen LogP contribution in [0, 0.1) is 47.3 Å². The normalized spacial score (nSPS) is 25.5. The van der Waals surface area contributed by atoms with Crippen LogP contribution in [0.5, 0.6) is 11.5 Å². The van der Waals surface area contributed by atoms with Gasteiger partial charge >= 0.3 is 11.9 Å². The van der Waals surface area contributed by atoms with E-state index < -0.39 is 71.5 Å². The third-order valence-corrected chi connectivity index (χ3v) is 15.4. The Morgan fingerprint density at radius 3 is 1.32 bits per heavy atom. The van der Waals surface area contributed by atoms with Crippen LogP contribution in [0.15, 0.2) is 72.8 Å². The second kappa shape index (κ2) is 23.0. The molecule has 6 fully saturated rings. The van der Waals surface area contributed by atoms with Crippen molar-refractivity contribution < 1.29 is 47.7 Å². The van der Waals surface area contributed by atoms with Crippen LogP contribution in [0.1, 0.15) is 85.9 Å². The van der Waals surface area contributed by atoms with Crippen LogP contribution in [-0.2, 0) is 28.7 Å². The summed E-state index contributed by atoms with van der Waals surface area (Å²) in [6, 6.07) is 22.3. The Kier molecular flexibility index (Phi) is 16.6. The fraction of sp³-hybridized carbons (Fsp3) is 0.536. The van der Waals surface area contributed by atoms with Gasteiger partial charge in [0.2, 0.25) is 23.6 Å². The summed E-state index contributed by atoms with van der Waals surface area (Å²) < 4.78 is 24.7. The molecule has 4 bridgehead atoms. The predicted octanol–water partition coefficient (Wildman–Crippen LogP) is 6.64. The number of hydrogen-bond donors (Lipinski definition) is 3. The molecular weight excluding hydrogens is 903 g/mol. The maximum Gasteiger partial charge on any atom is 0.342 e. The Bertz CT molecular complexity index is 2420. The Hall–Kier alpha value is -6.06. The molecule has 6 saturated carbocycles. The molecule has 0 aliphatic heterocycles. The number of benzene rings is 4. The van der Waals surface area contributed by atoms with Crippen LogP contribution < -0.4 is 25.4 Å². The summed E-state index contributed by atoms with van der Waals surface area (Å²) in [7, 11) is 7.85. The SMILES string of the molecule is CCOc1ccc2ccccc2c1C(=O)OC1CC2CCC1C(C(=O)NC(=O)C1C3CCC(CC3OC(=O)c3c(OCC)ccc4ccccc34)C1C(=O)NCCCN(C)C)C2C(=O)NCCCN(C)C. The van der Waals surface area contributed by atoms with E-state index in [-0.39, 0.29) is 23.7 Å². The summed E-state index contributed by atoms with van der Waals surface area (Å²) in [5, 5.41) is 12.0. The topological polar surface area (TPSA) is 182 Å². The van der Waals surface area contributed by atoms with Gasteiger partial charge in [-0.3, -0.25) is 24.5 Å². The van der Waals surface area contributed by atoms with Crippen molar-refractivity contribution in [2.75, 3.05) is 67.6 Å². The van der Waals surface area contributed by atoms with Gasteiger partial charge in [-0.05, 0) is 152 Å². The zero-order valence-electron chi connectivity index (χ0n) is 42.1. The first-order valence-corrected chi connectivity index (χ1v) is 25.7. The van der Waals surface area contributed by atoms with E-state index >= 15 is 9.59 Å². The molecule has 0 heterocycles. The molecule has 3 N–H and O–H groups in total. The average Bonchev–Trinajstić information content (AvgIpc) is 3.36. The Labute approximate surface area is 417 Å². The molecule has 0 spiro atoms. The van der Waals surface area contributed by atoms with Crippen molar-refractivity contribution in [1.82, 2.24) is 25.8 Å². The highest BCUT2D eigenvalue weighted by molar-refractivity contribution is 6.08. The fourth-order valence-corrected chi connectivity index (χ4v) is 12.3. The Morgan fingerprint density at radius 1 is 0.521 bits per heavy atom. The molecule has 71 heavy (non-hydrogen) atoms. The van der Waals surface area contributed by atoms with Gasteiger partial charge in [-0.25, -0.2) is 9.59 Å². The van der Waals surface area contributed by atoms with E-state index in [1.807, 2.05) is 113 Å². The number of imide groups is 1. The van der Waals surface area contributed by atoms with E-state index in [9.17, 15) is 19.2 Å². The standard InChI is InChI=1S/C56H71N5O10/c1-7-68-41-25-21-33-15-9-11-17-37(33)47(41)55(66)70-43-31-35-19-23-39(43)49(45(35)51(62)57-27-13-29-60(3)4)53(64)59-54(65)50-40-24-20-36(46(50)52(63)58-28-14-30-61(5)6)32-44(40)71-56(67)48-38-18-12-10-16-34(38)22-26-42(48)69-8-2/h9-12,15-18,21-22,25-26,35-36,39-40,43-46,49-50H,7-8,13-14,19-20,23-24,27-32H2,1-6H3,(H,57,62)(H,58,63)(H,59,64,65). The van der Waals surface area contributed by atoms with E-state index in [1.54, 1.807) is 12.1 Å². The second-order valence-corrected chi connectivity index (χ2v) is 20.4. The number of rotatable bonds is 20. The fourth-order valence-electron chi connectivity index (χ4n) is 12.3. The average molecular weight is 974 g/mol. The number of carbonyl (C=O) groups excluding carboxylic acids is 6. The van der Waals surface area contributed by atoms with Crippen molar-refractivity contribution in [2.24, 2.45) is 47.3 Å². The number of fused-ring (bicyclic) bond motifs is 8. The highest BCUT2D eigenvalue weighted by Gasteiger charge is 2.58. The van der Waals surface area contributed by atoms with Gasteiger partial charge in [0.15, 0.2) is 0 Å². The first kappa shape index (κ1) is 51.3. The summed E-state index contributed by atoms with van der Waals surface area (Å²) in [5.74, 6) is -7.67. The third-order valence-electron chi connectivity index (χ3n) is 15.4. The van der Waals surface area contributed by atoms with Crippen molar-refractivity contribution >= 4 is 57.1 Å². The molecule has 6 aliphatic rings. The number of carbonyl (C=O) groups is 6. The molecule has 4 aromatic rings. The molecule has 6 aliphatic carbocycles. The Balaban J connectivity index is 1.08. The second-order valence-electron chi connectivity index (χ2n) is 20.4. The van der Waals surface area contributed by atoms with Crippen LogP contribution in [0.3, 0.4) is 0 Å². The van der Waals surface area contributed by atoms with Gasteiger partial charge in [0.05, 0.1) is 36.9 Å². The summed E-state index contributed by atoms with van der Waals surface area (Å²) in [4.78, 5) is 91.8. The maximum atomic E-state index is 15.1. The minimum Gasteiger partial charge on any atom is -0.493 e. The highest BCUT2D eigenvalue weighted by atomic mass is 16.6. The van der Waals surface area contributed by atoms with Gasteiger partial charge in [-0.15, -0.1) is 0 Å². The third kappa shape index (κ3) is 11.2. The predicted molar refractivity (Wildman–Crippen MR) is 270 cm³/mol. The van der Waals surface area contributed by atoms with Gasteiger partial charge in [0, 0.05) is 24.9 Å². The highest BCUT2D eigenvalue weighted by Crippen LogP contribution is 2.53. The quantitative estimate of drug-likeness (QED) is 0.0489. The first-order valence-electron chi connectivity index (χ1n) is 25.7. The summed E-state index contributed by atoms with van der Waals surface area (Å²) >= 11 is 0. The molecule has 10 unspecified atom stereocenters. The van der Waals surface area contributed by atoms with E-state index in [0.29, 0.717) is 111 Å². The molecule has 15 nitrogen and oxygen atoms in total. The van der Waals surface area contributed by atoms with Gasteiger partial charge < -0.3 is 39.4 Å². The summed E-state index contributed by atoms with van der Waals surface area (Å²) in [6.45, 7) is 6.67. The number of nitrogens with one attached hydrogen (secondary N) is 3. The minimum absolute atomic E-state index is 0.276. The molecule has 0 saturated heterocycles. The van der Waals surface area contributed by atoms with Gasteiger partial charge in [-0.2, -0.15) is 0 Å². The maximum absolute atomic E-state index is 15.1. The lowest BCUT2D eigenvalue weighted by atomic mass is 9.56. The number of amides is 4. The molecule has 4 amide bonds. The molecule has 10 rings (SSSR count). The van der Waals surface area contributed by atoms with Crippen molar-refractivity contribution in [3.05, 3.63) is 83.9 Å². The summed E-state index contributed by atoms with van der Waals surface area (Å²) in [6.07, 6.45) is 2.95. The number of hydrogen-bond acceptors (Lipinski definition) is 12. The minimum atomic E-state index is -1.02. The summed E-state index contributed by atoms with van der Waals surface area (Å²) in [5.41, 5.74) is 0.585. The molecule has 0 aromatic heterocycles. The molecule has 0 radical (unpaired) electrons. The molecule has 380 valence electrons. The van der Waals surface area contributed by atoms with E-state index in [2.05, 4.69) is 16.0 Å². The zero-order chi connectivity index (χ0) is 50.3. The van der Waals surface area contributed by atoms with Crippen LogP contribution in [0.4, 0.5) is 0 Å². The largest absolute Gasteiger partial charge is 0.493 e. The van der Waals surface area contributed by atoms with E-state index in [0.717, 1.165) is 23.9 Å². The number of ether oxygens (including phenoxy) is 4. The molecule has 4 aromatic carbocycles. The van der Waals surface area contributed by atoms with Crippen LogP contribution in [-0.4, -0.2) is 125 Å². The monoisotopic (exact) mass is 974 g/mol. The van der Waals surface area contributed by atoms with E-state index in [4.69, 9.17) is 18.9 Å². The van der Waals surface area contributed by atoms with Crippen LogP contribution in [0.2, 0.25) is 0 Å². The van der Waals surface area contributed by atoms with Crippen LogP contribution >= 0.6 is 0 Å². The van der Waals surface area contributed by atoms with Crippen molar-refractivity contribution in [3.63, 3.8) is 0 Å². The lowest BCUT2D eigenvalue weighted by Gasteiger charge is -2.51. The lowest BCUT2D eigenvalue weighted by molar-refractivity contribution is -0.162. The van der Waals surface area contributed by atoms with Crippen LogP contribution in [0.25, 0.3) is 21.5 Å². The lowest BCUT2D eigenvalue weighted by Crippen LogP contribution is -2.61. The number of nitrogens with zero attached hydrogens (tertiary/aromatic N) is 2. The first-order chi connectivity index (χ1) is 34.3. The van der Waals surface area contributed by atoms with Crippen molar-refractivity contribution in [2.45, 2.75) is 77.4 Å².